The highest BCUT2D eigenvalue weighted by Gasteiger charge is 2.42. The first kappa shape index (κ1) is 19.2. The molecule has 0 saturated carbocycles. The van der Waals surface area contributed by atoms with Crippen LogP contribution in [0.4, 0.5) is 14.9 Å². The number of ketones is 1. The lowest BCUT2D eigenvalue weighted by molar-refractivity contribution is -0.123. The maximum absolute atomic E-state index is 13.3. The topological polar surface area (TPSA) is 66.9 Å². The van der Waals surface area contributed by atoms with Crippen molar-refractivity contribution in [2.75, 3.05) is 18.5 Å². The summed E-state index contributed by atoms with van der Waals surface area (Å²) < 4.78 is 18.6. The highest BCUT2D eigenvalue weighted by atomic mass is 35.5. The van der Waals surface area contributed by atoms with E-state index in [0.717, 1.165) is 11.0 Å². The molecule has 0 N–H and O–H groups in total. The first-order valence-corrected chi connectivity index (χ1v) is 8.11. The van der Waals surface area contributed by atoms with Crippen LogP contribution in [-0.4, -0.2) is 47.9 Å². The Morgan fingerprint density at radius 2 is 2.00 bits per heavy atom. The number of rotatable bonds is 2. The summed E-state index contributed by atoms with van der Waals surface area (Å²) in [5.41, 5.74) is -0.382. The lowest BCUT2D eigenvalue weighted by atomic mass is 10.1. The first-order valence-electron chi connectivity index (χ1n) is 7.73. The van der Waals surface area contributed by atoms with Crippen molar-refractivity contribution < 1.29 is 23.5 Å². The van der Waals surface area contributed by atoms with Crippen molar-refractivity contribution in [1.82, 2.24) is 4.90 Å². The molecule has 1 aromatic rings. The summed E-state index contributed by atoms with van der Waals surface area (Å²) >= 11 is 5.75. The monoisotopic (exact) mass is 370 g/mol. The van der Waals surface area contributed by atoms with E-state index in [1.807, 2.05) is 0 Å². The van der Waals surface area contributed by atoms with Crippen LogP contribution in [0.2, 0.25) is 5.02 Å². The van der Waals surface area contributed by atoms with Gasteiger partial charge in [-0.2, -0.15) is 0 Å². The number of anilines is 1. The van der Waals surface area contributed by atoms with E-state index in [-0.39, 0.29) is 23.8 Å². The van der Waals surface area contributed by atoms with Crippen LogP contribution in [0.25, 0.3) is 0 Å². The van der Waals surface area contributed by atoms with Gasteiger partial charge < -0.3 is 9.64 Å². The number of nitrogens with zero attached hydrogens (tertiary/aromatic N) is 2. The van der Waals surface area contributed by atoms with E-state index >= 15 is 0 Å². The molecule has 0 radical (unpaired) electrons. The van der Waals surface area contributed by atoms with E-state index in [2.05, 4.69) is 0 Å². The minimum Gasteiger partial charge on any atom is -0.444 e. The molecule has 2 amide bonds. The maximum Gasteiger partial charge on any atom is 0.411 e. The van der Waals surface area contributed by atoms with Crippen molar-refractivity contribution in [2.45, 2.75) is 38.8 Å². The number of likely N-dealkylation sites (N-methyl/N-ethyl adjacent to an activating group) is 1. The molecule has 1 aliphatic rings. The zero-order valence-electron chi connectivity index (χ0n) is 14.5. The van der Waals surface area contributed by atoms with Crippen molar-refractivity contribution in [3.63, 3.8) is 0 Å². The molecule has 1 heterocycles. The maximum atomic E-state index is 13.3. The molecule has 0 aliphatic carbocycles. The molecule has 0 spiro atoms. The quantitative estimate of drug-likeness (QED) is 0.802. The van der Waals surface area contributed by atoms with Gasteiger partial charge in [0.1, 0.15) is 17.5 Å². The van der Waals surface area contributed by atoms with Crippen LogP contribution in [0.1, 0.15) is 27.2 Å². The van der Waals surface area contributed by atoms with Crippen LogP contribution in [-0.2, 0) is 14.3 Å². The SMILES string of the molecule is CN(C(=O)[C@@H]1CC(=O)CN1C(=O)OC(C)(C)C)c1ccc(F)c(Cl)c1. The Bertz CT molecular complexity index is 717. The number of benzene rings is 1. The standard InChI is InChI=1S/C17H20ClFN2O4/c1-17(2,3)25-16(24)21-9-11(22)8-14(21)15(23)20(4)10-5-6-13(19)12(18)7-10/h5-7,14H,8-9H2,1-4H3/t14-/m0/s1. The lowest BCUT2D eigenvalue weighted by Crippen LogP contribution is -2.48. The normalized spacial score (nSPS) is 17.6. The Kier molecular flexibility index (Phi) is 5.37. The summed E-state index contributed by atoms with van der Waals surface area (Å²) in [6.45, 7) is 4.92. The van der Waals surface area contributed by atoms with Crippen molar-refractivity contribution in [1.29, 1.82) is 0 Å². The number of Topliss-reactive ketones (excluding diaryl/α,β-unsaturated/α-hetero) is 1. The highest BCUT2D eigenvalue weighted by molar-refractivity contribution is 6.31. The second-order valence-electron chi connectivity index (χ2n) is 6.86. The summed E-state index contributed by atoms with van der Waals surface area (Å²) in [5.74, 6) is -1.30. The minimum absolute atomic E-state index is 0.0860. The molecule has 1 saturated heterocycles. The second-order valence-corrected chi connectivity index (χ2v) is 7.27. The zero-order chi connectivity index (χ0) is 18.9. The van der Waals surface area contributed by atoms with Gasteiger partial charge in [-0.05, 0) is 39.0 Å². The fourth-order valence-electron chi connectivity index (χ4n) is 2.47. The minimum atomic E-state index is -0.962. The molecule has 2 rings (SSSR count). The molecule has 1 aliphatic heterocycles. The Morgan fingerprint density at radius 3 is 2.56 bits per heavy atom. The van der Waals surface area contributed by atoms with Gasteiger partial charge >= 0.3 is 6.09 Å². The van der Waals surface area contributed by atoms with E-state index < -0.39 is 29.5 Å². The van der Waals surface area contributed by atoms with Gasteiger partial charge in [-0.15, -0.1) is 0 Å². The van der Waals surface area contributed by atoms with Crippen molar-refractivity contribution >= 4 is 35.1 Å². The predicted octanol–water partition coefficient (Wildman–Crippen LogP) is 3.02. The molecule has 136 valence electrons. The van der Waals surface area contributed by atoms with E-state index in [0.29, 0.717) is 5.69 Å². The highest BCUT2D eigenvalue weighted by Crippen LogP contribution is 2.25. The molecule has 6 nitrogen and oxygen atoms in total. The summed E-state index contributed by atoms with van der Waals surface area (Å²) in [4.78, 5) is 39.2. The second kappa shape index (κ2) is 7.00. The molecule has 8 heteroatoms. The van der Waals surface area contributed by atoms with Gasteiger partial charge in [0.2, 0.25) is 5.91 Å². The van der Waals surface area contributed by atoms with Gasteiger partial charge in [0, 0.05) is 19.2 Å². The third-order valence-electron chi connectivity index (χ3n) is 3.68. The molecule has 0 bridgehead atoms. The number of carbonyl (C=O) groups excluding carboxylic acids is 3. The molecule has 1 fully saturated rings. The summed E-state index contributed by atoms with van der Waals surface area (Å²) in [6, 6.07) is 2.89. The zero-order valence-corrected chi connectivity index (χ0v) is 15.3. The fourth-order valence-corrected chi connectivity index (χ4v) is 2.64. The van der Waals surface area contributed by atoms with Crippen LogP contribution >= 0.6 is 11.6 Å². The number of likely N-dealkylation sites (tertiary alicyclic amines) is 1. The molecule has 0 unspecified atom stereocenters. The summed E-state index contributed by atoms with van der Waals surface area (Å²) in [7, 11) is 1.47. The molecular formula is C17H20ClFN2O4. The van der Waals surface area contributed by atoms with E-state index in [1.54, 1.807) is 20.8 Å². The smallest absolute Gasteiger partial charge is 0.411 e. The van der Waals surface area contributed by atoms with Gasteiger partial charge in [0.25, 0.3) is 0 Å². The van der Waals surface area contributed by atoms with Crippen molar-refractivity contribution in [2.24, 2.45) is 0 Å². The molecule has 1 atom stereocenters. The number of carbonyl (C=O) groups is 3. The average molecular weight is 371 g/mol. The number of ether oxygens (including phenoxy) is 1. The third kappa shape index (κ3) is 4.48. The Labute approximate surface area is 150 Å². The number of halogens is 2. The van der Waals surface area contributed by atoms with E-state index in [9.17, 15) is 18.8 Å². The van der Waals surface area contributed by atoms with Crippen LogP contribution in [0.15, 0.2) is 18.2 Å². The molecule has 1 aromatic carbocycles. The van der Waals surface area contributed by atoms with Crippen LogP contribution in [0.3, 0.4) is 0 Å². The van der Waals surface area contributed by atoms with Crippen molar-refractivity contribution in [3.05, 3.63) is 29.0 Å². The lowest BCUT2D eigenvalue weighted by Gasteiger charge is -2.29. The van der Waals surface area contributed by atoms with Gasteiger partial charge in [0.15, 0.2) is 5.78 Å². The van der Waals surface area contributed by atoms with Crippen molar-refractivity contribution in [3.8, 4) is 0 Å². The Hall–Kier alpha value is -2.15. The predicted molar refractivity (Wildman–Crippen MR) is 91.2 cm³/mol. The molecule has 25 heavy (non-hydrogen) atoms. The fraction of sp³-hybridized carbons (Fsp3) is 0.471. The average Bonchev–Trinajstić information content (AvgIpc) is 2.89. The Balaban J connectivity index is 2.21. The first-order chi connectivity index (χ1) is 11.5. The van der Waals surface area contributed by atoms with Crippen LogP contribution < -0.4 is 4.90 Å². The Morgan fingerprint density at radius 1 is 1.36 bits per heavy atom. The molecule has 0 aromatic heterocycles. The summed E-state index contributed by atoms with van der Waals surface area (Å²) in [5, 5.41) is -0.122. The van der Waals surface area contributed by atoms with Gasteiger partial charge in [-0.3, -0.25) is 14.5 Å². The molecular weight excluding hydrogens is 351 g/mol. The van der Waals surface area contributed by atoms with Crippen LogP contribution in [0.5, 0.6) is 0 Å². The van der Waals surface area contributed by atoms with E-state index in [4.69, 9.17) is 16.3 Å². The van der Waals surface area contributed by atoms with Crippen LogP contribution in [0, 0.1) is 5.82 Å². The van der Waals surface area contributed by atoms with E-state index in [1.165, 1.54) is 24.1 Å². The summed E-state index contributed by atoms with van der Waals surface area (Å²) in [6.07, 6.45) is -0.806. The number of hydrogen-bond donors (Lipinski definition) is 0. The number of hydrogen-bond acceptors (Lipinski definition) is 4. The van der Waals surface area contributed by atoms with Gasteiger partial charge in [-0.25, -0.2) is 9.18 Å². The number of amides is 2. The third-order valence-corrected chi connectivity index (χ3v) is 3.97. The van der Waals surface area contributed by atoms with Gasteiger partial charge in [-0.1, -0.05) is 11.6 Å². The largest absolute Gasteiger partial charge is 0.444 e. The van der Waals surface area contributed by atoms with Gasteiger partial charge in [0.05, 0.1) is 11.6 Å².